The molecule has 0 aliphatic carbocycles. The highest BCUT2D eigenvalue weighted by Gasteiger charge is 2.09. The molecule has 0 aliphatic heterocycles. The number of amides is 2. The maximum Gasteiger partial charge on any atom is 0.259 e. The Labute approximate surface area is 167 Å². The van der Waals surface area contributed by atoms with Crippen molar-refractivity contribution in [2.45, 2.75) is 13.8 Å². The first-order chi connectivity index (χ1) is 13.6. The molecule has 2 amide bonds. The zero-order chi connectivity index (χ0) is 19.9. The predicted octanol–water partition coefficient (Wildman–Crippen LogP) is 3.60. The van der Waals surface area contributed by atoms with E-state index in [1.165, 1.54) is 4.70 Å². The van der Waals surface area contributed by atoms with E-state index in [0.29, 0.717) is 5.56 Å². The largest absolute Gasteiger partial charge is 0.385 e. The molecular weight excluding hydrogens is 372 g/mol. The van der Waals surface area contributed by atoms with Crippen molar-refractivity contribution in [3.8, 4) is 0 Å². The highest BCUT2D eigenvalue weighted by atomic mass is 32.1. The molecule has 144 valence electrons. The lowest BCUT2D eigenvalue weighted by molar-refractivity contribution is -0.120. The second kappa shape index (κ2) is 9.14. The summed E-state index contributed by atoms with van der Waals surface area (Å²) in [6.45, 7) is 4.52. The number of hydrogen-bond acceptors (Lipinski definition) is 5. The lowest BCUT2D eigenvalue weighted by atomic mass is 10.1. The van der Waals surface area contributed by atoms with Crippen LogP contribution in [-0.2, 0) is 4.79 Å². The standard InChI is InChI=1S/C21H22N4O2S/c1-3-22-16-10-8-15(9-11-16)21(27)23-12-20(26)25-24-14(2)18-13-28-19-7-5-4-6-17(18)19/h4-11,13,22H,3,12H2,1-2H3,(H,23,27)(H,25,26)/b24-14+. The summed E-state index contributed by atoms with van der Waals surface area (Å²) in [4.78, 5) is 24.2. The molecule has 28 heavy (non-hydrogen) atoms. The minimum absolute atomic E-state index is 0.144. The molecule has 0 fully saturated rings. The number of hydrazone groups is 1. The van der Waals surface area contributed by atoms with Crippen LogP contribution in [-0.4, -0.2) is 30.6 Å². The van der Waals surface area contributed by atoms with E-state index < -0.39 is 0 Å². The van der Waals surface area contributed by atoms with Crippen LogP contribution in [0.25, 0.3) is 10.1 Å². The second-order valence-electron chi connectivity index (χ2n) is 6.17. The fourth-order valence-corrected chi connectivity index (χ4v) is 3.71. The Kier molecular flexibility index (Phi) is 6.39. The monoisotopic (exact) mass is 394 g/mol. The van der Waals surface area contributed by atoms with Gasteiger partial charge in [0.1, 0.15) is 0 Å². The summed E-state index contributed by atoms with van der Waals surface area (Å²) in [5.41, 5.74) is 5.65. The summed E-state index contributed by atoms with van der Waals surface area (Å²) >= 11 is 1.64. The van der Waals surface area contributed by atoms with Gasteiger partial charge in [-0.15, -0.1) is 11.3 Å². The molecule has 1 aromatic heterocycles. The van der Waals surface area contributed by atoms with Crippen molar-refractivity contribution in [2.75, 3.05) is 18.4 Å². The van der Waals surface area contributed by atoms with Crippen LogP contribution < -0.4 is 16.1 Å². The summed E-state index contributed by atoms with van der Waals surface area (Å²) in [5, 5.41) is 13.1. The fourth-order valence-electron chi connectivity index (χ4n) is 2.71. The van der Waals surface area contributed by atoms with Gasteiger partial charge in [-0.2, -0.15) is 5.10 Å². The number of nitrogens with one attached hydrogen (secondary N) is 3. The number of fused-ring (bicyclic) bond motifs is 1. The van der Waals surface area contributed by atoms with E-state index in [1.807, 2.05) is 49.6 Å². The van der Waals surface area contributed by atoms with Gasteiger partial charge in [0.05, 0.1) is 12.3 Å². The third-order valence-electron chi connectivity index (χ3n) is 4.16. The van der Waals surface area contributed by atoms with Gasteiger partial charge in [0.2, 0.25) is 0 Å². The number of thiophene rings is 1. The number of carbonyl (C=O) groups is 2. The van der Waals surface area contributed by atoms with Crippen molar-refractivity contribution >= 4 is 44.6 Å². The summed E-state index contributed by atoms with van der Waals surface area (Å²) < 4.78 is 1.17. The van der Waals surface area contributed by atoms with Gasteiger partial charge in [-0.3, -0.25) is 9.59 Å². The van der Waals surface area contributed by atoms with Gasteiger partial charge >= 0.3 is 0 Å². The average molecular weight is 395 g/mol. The molecule has 2 aromatic carbocycles. The number of nitrogens with zero attached hydrogens (tertiary/aromatic N) is 1. The first-order valence-corrected chi connectivity index (χ1v) is 9.88. The van der Waals surface area contributed by atoms with Gasteiger partial charge in [-0.05, 0) is 44.2 Å². The van der Waals surface area contributed by atoms with Crippen LogP contribution in [0.1, 0.15) is 29.8 Å². The number of carbonyl (C=O) groups excluding carboxylic acids is 2. The minimum Gasteiger partial charge on any atom is -0.385 e. The molecule has 6 nitrogen and oxygen atoms in total. The van der Waals surface area contributed by atoms with Crippen molar-refractivity contribution in [1.82, 2.24) is 10.7 Å². The van der Waals surface area contributed by atoms with Crippen LogP contribution in [0.15, 0.2) is 59.0 Å². The molecule has 3 aromatic rings. The molecule has 0 saturated heterocycles. The normalized spacial score (nSPS) is 11.3. The average Bonchev–Trinajstić information content (AvgIpc) is 3.15. The molecule has 0 bridgehead atoms. The maximum atomic E-state index is 12.1. The molecule has 0 atom stereocenters. The maximum absolute atomic E-state index is 12.1. The Morgan fingerprint density at radius 3 is 2.57 bits per heavy atom. The zero-order valence-corrected chi connectivity index (χ0v) is 16.6. The van der Waals surface area contributed by atoms with Crippen LogP contribution in [0.5, 0.6) is 0 Å². The minimum atomic E-state index is -0.378. The Morgan fingerprint density at radius 1 is 1.07 bits per heavy atom. The Hall–Kier alpha value is -3.19. The SMILES string of the molecule is CCNc1ccc(C(=O)NCC(=O)N/N=C(\C)c2csc3ccccc23)cc1. The molecule has 0 aliphatic rings. The number of hydrogen-bond donors (Lipinski definition) is 3. The molecule has 3 rings (SSSR count). The van der Waals surface area contributed by atoms with E-state index in [1.54, 1.807) is 23.5 Å². The molecular formula is C21H22N4O2S. The van der Waals surface area contributed by atoms with Crippen LogP contribution in [0.2, 0.25) is 0 Å². The summed E-state index contributed by atoms with van der Waals surface area (Å²) in [5.74, 6) is -0.681. The van der Waals surface area contributed by atoms with E-state index in [-0.39, 0.29) is 18.4 Å². The molecule has 7 heteroatoms. The molecule has 0 unspecified atom stereocenters. The Balaban J connectivity index is 1.53. The number of rotatable bonds is 7. The van der Waals surface area contributed by atoms with E-state index in [2.05, 4.69) is 27.2 Å². The van der Waals surface area contributed by atoms with Crippen LogP contribution >= 0.6 is 11.3 Å². The molecule has 1 heterocycles. The topological polar surface area (TPSA) is 82.6 Å². The quantitative estimate of drug-likeness (QED) is 0.423. The fraction of sp³-hybridized carbons (Fsp3) is 0.190. The predicted molar refractivity (Wildman–Crippen MR) is 115 cm³/mol. The van der Waals surface area contributed by atoms with Gasteiger partial charge in [0.15, 0.2) is 0 Å². The third-order valence-corrected chi connectivity index (χ3v) is 5.12. The van der Waals surface area contributed by atoms with E-state index >= 15 is 0 Å². The second-order valence-corrected chi connectivity index (χ2v) is 7.08. The van der Waals surface area contributed by atoms with Gasteiger partial charge in [0.25, 0.3) is 11.8 Å². The Bertz CT molecular complexity index is 1010. The van der Waals surface area contributed by atoms with Gasteiger partial charge < -0.3 is 10.6 Å². The lowest BCUT2D eigenvalue weighted by Crippen LogP contribution is -2.35. The van der Waals surface area contributed by atoms with E-state index in [4.69, 9.17) is 0 Å². The van der Waals surface area contributed by atoms with E-state index in [9.17, 15) is 9.59 Å². The Morgan fingerprint density at radius 2 is 1.82 bits per heavy atom. The molecule has 0 radical (unpaired) electrons. The van der Waals surface area contributed by atoms with Crippen LogP contribution in [0.4, 0.5) is 5.69 Å². The van der Waals surface area contributed by atoms with Crippen molar-refractivity contribution in [1.29, 1.82) is 0 Å². The molecule has 0 spiro atoms. The number of benzene rings is 2. The van der Waals surface area contributed by atoms with Crippen LogP contribution in [0.3, 0.4) is 0 Å². The van der Waals surface area contributed by atoms with Gasteiger partial charge in [-0.1, -0.05) is 18.2 Å². The van der Waals surface area contributed by atoms with Gasteiger partial charge in [0, 0.05) is 38.8 Å². The highest BCUT2D eigenvalue weighted by Crippen LogP contribution is 2.25. The van der Waals surface area contributed by atoms with Crippen molar-refractivity contribution < 1.29 is 9.59 Å². The summed E-state index contributed by atoms with van der Waals surface area (Å²) in [7, 11) is 0. The smallest absolute Gasteiger partial charge is 0.259 e. The summed E-state index contributed by atoms with van der Waals surface area (Å²) in [6.07, 6.45) is 0. The first kappa shape index (κ1) is 19.6. The van der Waals surface area contributed by atoms with Gasteiger partial charge in [-0.25, -0.2) is 5.43 Å². The number of anilines is 1. The van der Waals surface area contributed by atoms with E-state index in [0.717, 1.165) is 28.9 Å². The first-order valence-electron chi connectivity index (χ1n) is 9.00. The van der Waals surface area contributed by atoms with Crippen LogP contribution in [0, 0.1) is 0 Å². The van der Waals surface area contributed by atoms with Crippen molar-refractivity contribution in [3.05, 3.63) is 65.0 Å². The lowest BCUT2D eigenvalue weighted by Gasteiger charge is -2.07. The molecule has 0 saturated carbocycles. The summed E-state index contributed by atoms with van der Waals surface area (Å²) in [6, 6.07) is 15.1. The highest BCUT2D eigenvalue weighted by molar-refractivity contribution is 7.17. The van der Waals surface area contributed by atoms with Crippen molar-refractivity contribution in [3.63, 3.8) is 0 Å². The zero-order valence-electron chi connectivity index (χ0n) is 15.8. The van der Waals surface area contributed by atoms with Crippen molar-refractivity contribution in [2.24, 2.45) is 5.10 Å². The third kappa shape index (κ3) is 4.75. The molecule has 3 N–H and O–H groups in total.